The Morgan fingerprint density at radius 3 is 2.69 bits per heavy atom. The molecule has 8 heteroatoms. The predicted molar refractivity (Wildman–Crippen MR) is 111 cm³/mol. The Morgan fingerprint density at radius 1 is 1.10 bits per heavy atom. The van der Waals surface area contributed by atoms with Gasteiger partial charge in [0.1, 0.15) is 29.0 Å². The van der Waals surface area contributed by atoms with Gasteiger partial charge in [-0.3, -0.25) is 4.79 Å². The van der Waals surface area contributed by atoms with Crippen molar-refractivity contribution in [3.05, 3.63) is 66.5 Å². The number of rotatable bonds is 5. The van der Waals surface area contributed by atoms with Gasteiger partial charge in [0, 0.05) is 44.5 Å². The Hall–Kier alpha value is -3.68. The zero-order valence-electron chi connectivity index (χ0n) is 16.2. The molecule has 0 bridgehead atoms. The zero-order valence-corrected chi connectivity index (χ0v) is 16.2. The first kappa shape index (κ1) is 18.7. The van der Waals surface area contributed by atoms with Crippen LogP contribution in [0.5, 0.6) is 0 Å². The van der Waals surface area contributed by atoms with E-state index in [4.69, 9.17) is 4.42 Å². The van der Waals surface area contributed by atoms with Crippen LogP contribution < -0.4 is 10.2 Å². The lowest BCUT2D eigenvalue weighted by molar-refractivity contribution is -0.126. The molecule has 29 heavy (non-hydrogen) atoms. The van der Waals surface area contributed by atoms with Crippen molar-refractivity contribution in [3.8, 4) is 0 Å². The van der Waals surface area contributed by atoms with Crippen LogP contribution in [0, 0.1) is 6.92 Å². The molecule has 0 radical (unpaired) electrons. The number of pyridine rings is 1. The van der Waals surface area contributed by atoms with Gasteiger partial charge in [-0.15, -0.1) is 0 Å². The summed E-state index contributed by atoms with van der Waals surface area (Å²) in [4.78, 5) is 29.7. The van der Waals surface area contributed by atoms with E-state index in [2.05, 4.69) is 25.2 Å². The van der Waals surface area contributed by atoms with Crippen LogP contribution in [0.4, 0.5) is 17.5 Å². The van der Waals surface area contributed by atoms with Crippen molar-refractivity contribution in [2.75, 3.05) is 36.4 Å². The highest BCUT2D eigenvalue weighted by Crippen LogP contribution is 2.20. The van der Waals surface area contributed by atoms with Gasteiger partial charge < -0.3 is 19.5 Å². The average Bonchev–Trinajstić information content (AvgIpc) is 3.26. The third kappa shape index (κ3) is 4.78. The number of aryl methyl sites for hydroxylation is 1. The zero-order chi connectivity index (χ0) is 20.1. The standard InChI is InChI=1S/C21H22N6O2/c1-16-23-19(25-18-6-2-3-9-22-18)15-20(24-16)26-10-12-27(13-11-26)21(28)8-7-17-5-4-14-29-17/h2-9,14-15H,10-13H2,1H3,(H,22,23,24,25). The minimum atomic E-state index is -0.0163. The van der Waals surface area contributed by atoms with Gasteiger partial charge in [-0.2, -0.15) is 0 Å². The maximum absolute atomic E-state index is 12.4. The number of piperazine rings is 1. The number of amides is 1. The fraction of sp³-hybridized carbons (Fsp3) is 0.238. The van der Waals surface area contributed by atoms with Crippen molar-refractivity contribution in [3.63, 3.8) is 0 Å². The average molecular weight is 390 g/mol. The van der Waals surface area contributed by atoms with E-state index in [1.54, 1.807) is 30.7 Å². The highest BCUT2D eigenvalue weighted by Gasteiger charge is 2.21. The highest BCUT2D eigenvalue weighted by atomic mass is 16.3. The Kier molecular flexibility index (Phi) is 5.51. The molecule has 1 amide bonds. The van der Waals surface area contributed by atoms with Crippen LogP contribution in [0.3, 0.4) is 0 Å². The molecule has 0 spiro atoms. The molecule has 1 aliphatic heterocycles. The summed E-state index contributed by atoms with van der Waals surface area (Å²) in [5.41, 5.74) is 0. The Morgan fingerprint density at radius 2 is 1.97 bits per heavy atom. The number of carbonyl (C=O) groups is 1. The van der Waals surface area contributed by atoms with Crippen molar-refractivity contribution < 1.29 is 9.21 Å². The first-order valence-electron chi connectivity index (χ1n) is 9.46. The van der Waals surface area contributed by atoms with Gasteiger partial charge in [0.05, 0.1) is 6.26 Å². The molecular formula is C21H22N6O2. The van der Waals surface area contributed by atoms with E-state index in [1.807, 2.05) is 42.2 Å². The lowest BCUT2D eigenvalue weighted by atomic mass is 10.3. The second-order valence-electron chi connectivity index (χ2n) is 6.66. The minimum absolute atomic E-state index is 0.0163. The number of nitrogens with zero attached hydrogens (tertiary/aromatic N) is 5. The Balaban J connectivity index is 1.38. The van der Waals surface area contributed by atoms with Crippen molar-refractivity contribution in [2.24, 2.45) is 0 Å². The van der Waals surface area contributed by atoms with Crippen LogP contribution in [0.15, 0.2) is 59.4 Å². The maximum Gasteiger partial charge on any atom is 0.246 e. The van der Waals surface area contributed by atoms with E-state index < -0.39 is 0 Å². The summed E-state index contributed by atoms with van der Waals surface area (Å²) in [6.45, 7) is 4.55. The second kappa shape index (κ2) is 8.55. The minimum Gasteiger partial charge on any atom is -0.465 e. The first-order valence-corrected chi connectivity index (χ1v) is 9.46. The van der Waals surface area contributed by atoms with Gasteiger partial charge in [0.15, 0.2) is 0 Å². The molecule has 1 fully saturated rings. The van der Waals surface area contributed by atoms with E-state index in [9.17, 15) is 4.79 Å². The molecule has 0 aliphatic carbocycles. The first-order chi connectivity index (χ1) is 14.2. The molecule has 1 saturated heterocycles. The Labute approximate surface area is 168 Å². The third-order valence-electron chi connectivity index (χ3n) is 4.59. The van der Waals surface area contributed by atoms with E-state index in [0.29, 0.717) is 43.6 Å². The summed E-state index contributed by atoms with van der Waals surface area (Å²) in [6, 6.07) is 11.2. The van der Waals surface area contributed by atoms with Gasteiger partial charge in [-0.25, -0.2) is 15.0 Å². The van der Waals surface area contributed by atoms with Crippen molar-refractivity contribution in [2.45, 2.75) is 6.92 Å². The molecule has 1 aliphatic rings. The van der Waals surface area contributed by atoms with E-state index >= 15 is 0 Å². The summed E-state index contributed by atoms with van der Waals surface area (Å²) in [5, 5.41) is 3.21. The maximum atomic E-state index is 12.4. The largest absolute Gasteiger partial charge is 0.465 e. The lowest BCUT2D eigenvalue weighted by Crippen LogP contribution is -2.48. The summed E-state index contributed by atoms with van der Waals surface area (Å²) < 4.78 is 5.22. The number of carbonyl (C=O) groups excluding carboxylic acids is 1. The van der Waals surface area contributed by atoms with Crippen LogP contribution in [0.2, 0.25) is 0 Å². The molecule has 0 saturated carbocycles. The van der Waals surface area contributed by atoms with Crippen molar-refractivity contribution >= 4 is 29.4 Å². The number of furan rings is 1. The van der Waals surface area contributed by atoms with E-state index in [-0.39, 0.29) is 5.91 Å². The molecule has 4 heterocycles. The molecule has 1 N–H and O–H groups in total. The normalized spacial score (nSPS) is 14.4. The van der Waals surface area contributed by atoms with Crippen molar-refractivity contribution in [1.29, 1.82) is 0 Å². The highest BCUT2D eigenvalue weighted by molar-refractivity contribution is 5.91. The number of nitrogens with one attached hydrogen (secondary N) is 1. The fourth-order valence-corrected chi connectivity index (χ4v) is 3.15. The molecule has 8 nitrogen and oxygen atoms in total. The van der Waals surface area contributed by atoms with Crippen molar-refractivity contribution in [1.82, 2.24) is 19.9 Å². The number of hydrogen-bond acceptors (Lipinski definition) is 7. The molecule has 0 atom stereocenters. The van der Waals surface area contributed by atoms with E-state index in [1.165, 1.54) is 0 Å². The predicted octanol–water partition coefficient (Wildman–Crippen LogP) is 2.88. The second-order valence-corrected chi connectivity index (χ2v) is 6.66. The topological polar surface area (TPSA) is 87.4 Å². The molecule has 0 aromatic carbocycles. The van der Waals surface area contributed by atoms with Crippen LogP contribution in [0.25, 0.3) is 6.08 Å². The lowest BCUT2D eigenvalue weighted by Gasteiger charge is -2.35. The van der Waals surface area contributed by atoms with Gasteiger partial charge in [0.2, 0.25) is 5.91 Å². The summed E-state index contributed by atoms with van der Waals surface area (Å²) in [6.07, 6.45) is 6.56. The molecule has 0 unspecified atom stereocenters. The van der Waals surface area contributed by atoms with Crippen LogP contribution >= 0.6 is 0 Å². The van der Waals surface area contributed by atoms with Gasteiger partial charge in [-0.1, -0.05) is 6.07 Å². The smallest absolute Gasteiger partial charge is 0.246 e. The number of anilines is 3. The summed E-state index contributed by atoms with van der Waals surface area (Å²) in [5.74, 6) is 3.61. The monoisotopic (exact) mass is 390 g/mol. The fourth-order valence-electron chi connectivity index (χ4n) is 3.15. The number of hydrogen-bond donors (Lipinski definition) is 1. The van der Waals surface area contributed by atoms with Crippen LogP contribution in [0.1, 0.15) is 11.6 Å². The molecule has 148 valence electrons. The van der Waals surface area contributed by atoms with E-state index in [0.717, 1.165) is 11.6 Å². The summed E-state index contributed by atoms with van der Waals surface area (Å²) >= 11 is 0. The Bertz CT molecular complexity index is 980. The van der Waals surface area contributed by atoms with Gasteiger partial charge >= 0.3 is 0 Å². The van der Waals surface area contributed by atoms with Crippen LogP contribution in [-0.2, 0) is 4.79 Å². The summed E-state index contributed by atoms with van der Waals surface area (Å²) in [7, 11) is 0. The van der Waals surface area contributed by atoms with Crippen LogP contribution in [-0.4, -0.2) is 51.9 Å². The SMILES string of the molecule is Cc1nc(Nc2ccccn2)cc(N2CCN(C(=O)C=Cc3ccco3)CC2)n1. The third-order valence-corrected chi connectivity index (χ3v) is 4.59. The molecule has 3 aromatic rings. The molecular weight excluding hydrogens is 368 g/mol. The quantitative estimate of drug-likeness (QED) is 0.670. The number of aromatic nitrogens is 3. The molecule has 3 aromatic heterocycles. The molecule has 4 rings (SSSR count). The van der Waals surface area contributed by atoms with Gasteiger partial charge in [-0.05, 0) is 37.3 Å². The van der Waals surface area contributed by atoms with Gasteiger partial charge in [0.25, 0.3) is 0 Å².